The standard InChI is InChI=1S/C22H22N4O3/c1-16-2-6-18(7-3-16)25-21(27)17-4-8-19(9-5-17)29-22-20(23-10-11-24-22)26-12-14-28-15-13-26/h2-11H,12-15H2,1H3,(H,25,27). The molecule has 1 saturated heterocycles. The van der Waals surface area contributed by atoms with Crippen molar-refractivity contribution in [2.45, 2.75) is 6.92 Å². The van der Waals surface area contributed by atoms with Gasteiger partial charge in [0.2, 0.25) is 0 Å². The average molecular weight is 390 g/mol. The van der Waals surface area contributed by atoms with Crippen LogP contribution in [0.5, 0.6) is 11.6 Å². The molecule has 1 aliphatic rings. The fraction of sp³-hybridized carbons (Fsp3) is 0.227. The lowest BCUT2D eigenvalue weighted by Crippen LogP contribution is -2.37. The first-order chi connectivity index (χ1) is 14.2. The van der Waals surface area contributed by atoms with E-state index in [-0.39, 0.29) is 5.91 Å². The lowest BCUT2D eigenvalue weighted by molar-refractivity contribution is 0.102. The van der Waals surface area contributed by atoms with Gasteiger partial charge in [0.25, 0.3) is 11.8 Å². The first-order valence-electron chi connectivity index (χ1n) is 9.49. The number of benzene rings is 2. The highest BCUT2D eigenvalue weighted by Gasteiger charge is 2.18. The van der Waals surface area contributed by atoms with E-state index < -0.39 is 0 Å². The maximum atomic E-state index is 12.4. The van der Waals surface area contributed by atoms with Crippen LogP contribution in [0.4, 0.5) is 11.5 Å². The molecule has 0 saturated carbocycles. The number of nitrogens with one attached hydrogen (secondary N) is 1. The number of ether oxygens (including phenoxy) is 2. The molecule has 2 heterocycles. The number of aromatic nitrogens is 2. The molecule has 1 N–H and O–H groups in total. The normalized spacial score (nSPS) is 13.8. The van der Waals surface area contributed by atoms with Gasteiger partial charge in [-0.1, -0.05) is 17.7 Å². The Labute approximate surface area is 169 Å². The van der Waals surface area contributed by atoms with Gasteiger partial charge in [0.05, 0.1) is 13.2 Å². The van der Waals surface area contributed by atoms with E-state index in [1.807, 2.05) is 31.2 Å². The molecule has 7 nitrogen and oxygen atoms in total. The van der Waals surface area contributed by atoms with E-state index in [2.05, 4.69) is 20.2 Å². The largest absolute Gasteiger partial charge is 0.436 e. The van der Waals surface area contributed by atoms with Gasteiger partial charge in [-0.3, -0.25) is 4.79 Å². The third-order valence-electron chi connectivity index (χ3n) is 4.60. The second-order valence-electron chi connectivity index (χ2n) is 6.73. The van der Waals surface area contributed by atoms with Crippen molar-refractivity contribution in [1.29, 1.82) is 0 Å². The predicted molar refractivity (Wildman–Crippen MR) is 111 cm³/mol. The highest BCUT2D eigenvalue weighted by Crippen LogP contribution is 2.28. The highest BCUT2D eigenvalue weighted by molar-refractivity contribution is 6.04. The summed E-state index contributed by atoms with van der Waals surface area (Å²) in [6, 6.07) is 14.6. The second kappa shape index (κ2) is 8.70. The van der Waals surface area contributed by atoms with E-state index in [0.29, 0.717) is 36.2 Å². The van der Waals surface area contributed by atoms with Crippen molar-refractivity contribution >= 4 is 17.4 Å². The van der Waals surface area contributed by atoms with Gasteiger partial charge < -0.3 is 19.7 Å². The molecule has 7 heteroatoms. The molecule has 0 spiro atoms. The fourth-order valence-electron chi connectivity index (χ4n) is 3.01. The Morgan fingerprint density at radius 1 is 1.00 bits per heavy atom. The zero-order valence-corrected chi connectivity index (χ0v) is 16.2. The molecule has 0 radical (unpaired) electrons. The quantitative estimate of drug-likeness (QED) is 0.716. The van der Waals surface area contributed by atoms with E-state index in [1.165, 1.54) is 0 Å². The molecule has 1 fully saturated rings. The van der Waals surface area contributed by atoms with Crippen LogP contribution in [0.15, 0.2) is 60.9 Å². The van der Waals surface area contributed by atoms with Gasteiger partial charge in [-0.05, 0) is 43.3 Å². The summed E-state index contributed by atoms with van der Waals surface area (Å²) in [7, 11) is 0. The summed E-state index contributed by atoms with van der Waals surface area (Å²) in [5.74, 6) is 1.55. The molecule has 1 aromatic heterocycles. The van der Waals surface area contributed by atoms with Crippen LogP contribution in [0.3, 0.4) is 0 Å². The molecule has 1 aliphatic heterocycles. The fourth-order valence-corrected chi connectivity index (χ4v) is 3.01. The molecule has 0 unspecified atom stereocenters. The lowest BCUT2D eigenvalue weighted by atomic mass is 10.2. The molecule has 2 aromatic carbocycles. The Hall–Kier alpha value is -3.45. The predicted octanol–water partition coefficient (Wildman–Crippen LogP) is 3.67. The zero-order valence-electron chi connectivity index (χ0n) is 16.2. The van der Waals surface area contributed by atoms with Crippen LogP contribution in [0.1, 0.15) is 15.9 Å². The number of aryl methyl sites for hydroxylation is 1. The molecule has 0 atom stereocenters. The van der Waals surface area contributed by atoms with Crippen LogP contribution in [-0.2, 0) is 4.74 Å². The number of amides is 1. The maximum absolute atomic E-state index is 12.4. The van der Waals surface area contributed by atoms with Gasteiger partial charge in [0.1, 0.15) is 5.75 Å². The van der Waals surface area contributed by atoms with Crippen molar-refractivity contribution in [3.05, 3.63) is 72.1 Å². The van der Waals surface area contributed by atoms with Gasteiger partial charge >= 0.3 is 0 Å². The number of rotatable bonds is 5. The molecule has 4 rings (SSSR count). The summed E-state index contributed by atoms with van der Waals surface area (Å²) in [5.41, 5.74) is 2.45. The van der Waals surface area contributed by atoms with Crippen LogP contribution in [0.2, 0.25) is 0 Å². The minimum Gasteiger partial charge on any atom is -0.436 e. The van der Waals surface area contributed by atoms with E-state index >= 15 is 0 Å². The van der Waals surface area contributed by atoms with Crippen molar-refractivity contribution in [3.63, 3.8) is 0 Å². The van der Waals surface area contributed by atoms with Crippen molar-refractivity contribution < 1.29 is 14.3 Å². The van der Waals surface area contributed by atoms with E-state index in [1.54, 1.807) is 36.7 Å². The van der Waals surface area contributed by atoms with Gasteiger partial charge in [-0.2, -0.15) is 0 Å². The van der Waals surface area contributed by atoms with Crippen LogP contribution in [0.25, 0.3) is 0 Å². The molecule has 29 heavy (non-hydrogen) atoms. The second-order valence-corrected chi connectivity index (χ2v) is 6.73. The van der Waals surface area contributed by atoms with E-state index in [9.17, 15) is 4.79 Å². The maximum Gasteiger partial charge on any atom is 0.263 e. The number of hydrogen-bond donors (Lipinski definition) is 1. The summed E-state index contributed by atoms with van der Waals surface area (Å²) in [4.78, 5) is 23.3. The Bertz CT molecular complexity index is 968. The number of carbonyl (C=O) groups is 1. The van der Waals surface area contributed by atoms with E-state index in [0.717, 1.165) is 24.3 Å². The first kappa shape index (κ1) is 18.9. The van der Waals surface area contributed by atoms with E-state index in [4.69, 9.17) is 9.47 Å². The number of anilines is 2. The zero-order chi connectivity index (χ0) is 20.1. The summed E-state index contributed by atoms with van der Waals surface area (Å²) in [6.07, 6.45) is 3.25. The van der Waals surface area contributed by atoms with Crippen molar-refractivity contribution in [2.24, 2.45) is 0 Å². The van der Waals surface area contributed by atoms with Gasteiger partial charge in [0.15, 0.2) is 5.82 Å². The van der Waals surface area contributed by atoms with Gasteiger partial charge in [-0.15, -0.1) is 0 Å². The highest BCUT2D eigenvalue weighted by atomic mass is 16.5. The van der Waals surface area contributed by atoms with Crippen molar-refractivity contribution in [2.75, 3.05) is 36.5 Å². The Morgan fingerprint density at radius 3 is 2.41 bits per heavy atom. The van der Waals surface area contributed by atoms with Gasteiger partial charge in [-0.25, -0.2) is 9.97 Å². The molecular formula is C22H22N4O3. The third kappa shape index (κ3) is 4.70. The minimum absolute atomic E-state index is 0.172. The number of carbonyl (C=O) groups excluding carboxylic acids is 1. The average Bonchev–Trinajstić information content (AvgIpc) is 2.77. The van der Waals surface area contributed by atoms with Crippen molar-refractivity contribution in [1.82, 2.24) is 9.97 Å². The molecule has 1 amide bonds. The Kier molecular flexibility index (Phi) is 5.67. The summed E-state index contributed by atoms with van der Waals surface area (Å²) in [5, 5.41) is 2.89. The number of nitrogens with zero attached hydrogens (tertiary/aromatic N) is 3. The Balaban J connectivity index is 1.45. The topological polar surface area (TPSA) is 76.6 Å². The van der Waals surface area contributed by atoms with Crippen LogP contribution in [0, 0.1) is 6.92 Å². The minimum atomic E-state index is -0.172. The summed E-state index contributed by atoms with van der Waals surface area (Å²) in [6.45, 7) is 4.80. The van der Waals surface area contributed by atoms with Crippen LogP contribution >= 0.6 is 0 Å². The van der Waals surface area contributed by atoms with Crippen LogP contribution < -0.4 is 15.0 Å². The molecule has 0 aliphatic carbocycles. The summed E-state index contributed by atoms with van der Waals surface area (Å²) >= 11 is 0. The SMILES string of the molecule is Cc1ccc(NC(=O)c2ccc(Oc3nccnc3N3CCOCC3)cc2)cc1. The Morgan fingerprint density at radius 2 is 1.69 bits per heavy atom. The first-order valence-corrected chi connectivity index (χ1v) is 9.49. The smallest absolute Gasteiger partial charge is 0.263 e. The molecule has 0 bridgehead atoms. The monoisotopic (exact) mass is 390 g/mol. The number of hydrogen-bond acceptors (Lipinski definition) is 6. The number of morpholine rings is 1. The van der Waals surface area contributed by atoms with Gasteiger partial charge in [0, 0.05) is 36.7 Å². The molecular weight excluding hydrogens is 368 g/mol. The molecule has 3 aromatic rings. The van der Waals surface area contributed by atoms with Crippen LogP contribution in [-0.4, -0.2) is 42.2 Å². The lowest BCUT2D eigenvalue weighted by Gasteiger charge is -2.28. The molecule has 148 valence electrons. The summed E-state index contributed by atoms with van der Waals surface area (Å²) < 4.78 is 11.3. The van der Waals surface area contributed by atoms with Crippen molar-refractivity contribution in [3.8, 4) is 11.6 Å². The third-order valence-corrected chi connectivity index (χ3v) is 4.60.